The molecule has 0 saturated heterocycles. The fourth-order valence-corrected chi connectivity index (χ4v) is 2.52. The predicted molar refractivity (Wildman–Crippen MR) is 88.5 cm³/mol. The molecule has 0 aliphatic rings. The molecule has 0 saturated carbocycles. The molecule has 4 nitrogen and oxygen atoms in total. The Labute approximate surface area is 132 Å². The minimum atomic E-state index is 0.00709. The number of benzene rings is 1. The van der Waals surface area contributed by atoms with Gasteiger partial charge in [-0.05, 0) is 31.7 Å². The summed E-state index contributed by atoms with van der Waals surface area (Å²) in [5, 5.41) is 3.03. The third-order valence-electron chi connectivity index (χ3n) is 3.63. The first-order valence-electron chi connectivity index (χ1n) is 7.82. The molecule has 1 amide bonds. The molecule has 1 atom stereocenters. The monoisotopic (exact) mass is 299 g/mol. The number of hydrogen-bond donors (Lipinski definition) is 1. The van der Waals surface area contributed by atoms with Crippen LogP contribution >= 0.6 is 0 Å². The number of rotatable bonds is 6. The van der Waals surface area contributed by atoms with Gasteiger partial charge in [0.15, 0.2) is 0 Å². The van der Waals surface area contributed by atoms with E-state index < -0.39 is 0 Å². The number of imidazole rings is 1. The highest BCUT2D eigenvalue weighted by Gasteiger charge is 2.12. The third-order valence-corrected chi connectivity index (χ3v) is 3.63. The zero-order valence-electron chi connectivity index (χ0n) is 13.8. The summed E-state index contributed by atoms with van der Waals surface area (Å²) in [6, 6.07) is 9.99. The molecule has 2 rings (SSSR count). The van der Waals surface area contributed by atoms with E-state index in [4.69, 9.17) is 0 Å². The van der Waals surface area contributed by atoms with Crippen LogP contribution < -0.4 is 5.32 Å². The van der Waals surface area contributed by atoms with Gasteiger partial charge >= 0.3 is 0 Å². The Morgan fingerprint density at radius 2 is 1.91 bits per heavy atom. The summed E-state index contributed by atoms with van der Waals surface area (Å²) in [5.41, 5.74) is 2.16. The molecule has 2 aromatic rings. The fraction of sp³-hybridized carbons (Fsp3) is 0.444. The Morgan fingerprint density at radius 3 is 2.55 bits per heavy atom. The summed E-state index contributed by atoms with van der Waals surface area (Å²) in [5.74, 6) is 1.46. The van der Waals surface area contributed by atoms with Crippen molar-refractivity contribution in [2.75, 3.05) is 0 Å². The number of aryl methyl sites for hydroxylation is 1. The first kappa shape index (κ1) is 16.3. The van der Waals surface area contributed by atoms with Gasteiger partial charge in [-0.3, -0.25) is 4.79 Å². The highest BCUT2D eigenvalue weighted by Crippen LogP contribution is 2.12. The van der Waals surface area contributed by atoms with Gasteiger partial charge in [0.2, 0.25) is 5.91 Å². The van der Waals surface area contributed by atoms with E-state index in [9.17, 15) is 4.79 Å². The lowest BCUT2D eigenvalue weighted by Crippen LogP contribution is -2.30. The maximum Gasteiger partial charge on any atom is 0.240 e. The Morgan fingerprint density at radius 1 is 1.23 bits per heavy atom. The molecular formula is C18H25N3O. The van der Waals surface area contributed by atoms with Gasteiger partial charge < -0.3 is 9.88 Å². The molecule has 118 valence electrons. The maximum absolute atomic E-state index is 12.2. The van der Waals surface area contributed by atoms with Crippen molar-refractivity contribution in [1.82, 2.24) is 14.9 Å². The number of carbonyl (C=O) groups is 1. The van der Waals surface area contributed by atoms with Crippen molar-refractivity contribution < 1.29 is 4.79 Å². The summed E-state index contributed by atoms with van der Waals surface area (Å²) in [7, 11) is 0. The quantitative estimate of drug-likeness (QED) is 0.890. The molecular weight excluding hydrogens is 274 g/mol. The smallest absolute Gasteiger partial charge is 0.240 e. The average molecular weight is 299 g/mol. The Kier molecular flexibility index (Phi) is 5.36. The van der Waals surface area contributed by atoms with Gasteiger partial charge in [-0.25, -0.2) is 4.98 Å². The van der Waals surface area contributed by atoms with Gasteiger partial charge in [-0.15, -0.1) is 0 Å². The number of hydrogen-bond acceptors (Lipinski definition) is 2. The fourth-order valence-electron chi connectivity index (χ4n) is 2.52. The SMILES string of the molecule is Cc1nc(CC(C)C)cn1CC(=O)N[C@H](C)c1ccccc1. The highest BCUT2D eigenvalue weighted by molar-refractivity contribution is 5.76. The molecule has 0 aliphatic heterocycles. The van der Waals surface area contributed by atoms with Crippen molar-refractivity contribution in [3.63, 3.8) is 0 Å². The molecule has 0 unspecified atom stereocenters. The number of aromatic nitrogens is 2. The molecule has 0 aliphatic carbocycles. The van der Waals surface area contributed by atoms with E-state index in [2.05, 4.69) is 24.1 Å². The molecule has 1 N–H and O–H groups in total. The Bertz CT molecular complexity index is 617. The molecule has 1 heterocycles. The van der Waals surface area contributed by atoms with Gasteiger partial charge in [0.1, 0.15) is 12.4 Å². The van der Waals surface area contributed by atoms with Gasteiger partial charge in [-0.1, -0.05) is 44.2 Å². The van der Waals surface area contributed by atoms with E-state index in [1.165, 1.54) is 0 Å². The minimum Gasteiger partial charge on any atom is -0.348 e. The standard InChI is InChI=1S/C18H25N3O/c1-13(2)10-17-11-21(15(4)20-17)12-18(22)19-14(3)16-8-6-5-7-9-16/h5-9,11,13-14H,10,12H2,1-4H3,(H,19,22)/t14-/m1/s1. The summed E-state index contributed by atoms with van der Waals surface area (Å²) >= 11 is 0. The largest absolute Gasteiger partial charge is 0.348 e. The van der Waals surface area contributed by atoms with Crippen LogP contribution in [0, 0.1) is 12.8 Å². The molecule has 0 fully saturated rings. The van der Waals surface area contributed by atoms with Crippen LogP contribution in [0.1, 0.15) is 43.9 Å². The summed E-state index contributed by atoms with van der Waals surface area (Å²) in [4.78, 5) is 16.7. The molecule has 22 heavy (non-hydrogen) atoms. The number of nitrogens with one attached hydrogen (secondary N) is 1. The van der Waals surface area contributed by atoms with Crippen LogP contribution in [-0.4, -0.2) is 15.5 Å². The van der Waals surface area contributed by atoms with Crippen molar-refractivity contribution >= 4 is 5.91 Å². The number of amides is 1. The van der Waals surface area contributed by atoms with Crippen LogP contribution in [0.25, 0.3) is 0 Å². The van der Waals surface area contributed by atoms with E-state index in [-0.39, 0.29) is 11.9 Å². The first-order chi connectivity index (χ1) is 10.5. The van der Waals surface area contributed by atoms with E-state index in [0.29, 0.717) is 12.5 Å². The maximum atomic E-state index is 12.2. The minimum absolute atomic E-state index is 0.00709. The van der Waals surface area contributed by atoms with E-state index in [1.807, 2.05) is 54.9 Å². The third kappa shape index (κ3) is 4.45. The topological polar surface area (TPSA) is 46.9 Å². The zero-order valence-corrected chi connectivity index (χ0v) is 13.8. The Balaban J connectivity index is 1.96. The molecule has 1 aromatic carbocycles. The molecule has 4 heteroatoms. The van der Waals surface area contributed by atoms with Crippen molar-refractivity contribution in [1.29, 1.82) is 0 Å². The molecule has 1 aromatic heterocycles. The van der Waals surface area contributed by atoms with Crippen LogP contribution in [0.5, 0.6) is 0 Å². The summed E-state index contributed by atoms with van der Waals surface area (Å²) < 4.78 is 1.92. The van der Waals surface area contributed by atoms with Crippen LogP contribution in [-0.2, 0) is 17.8 Å². The Hall–Kier alpha value is -2.10. The lowest BCUT2D eigenvalue weighted by atomic mass is 10.1. The van der Waals surface area contributed by atoms with Crippen molar-refractivity contribution in [2.24, 2.45) is 5.92 Å². The highest BCUT2D eigenvalue weighted by atomic mass is 16.2. The van der Waals surface area contributed by atoms with Crippen molar-refractivity contribution in [3.8, 4) is 0 Å². The van der Waals surface area contributed by atoms with E-state index >= 15 is 0 Å². The summed E-state index contributed by atoms with van der Waals surface area (Å²) in [6.45, 7) is 8.59. The van der Waals surface area contributed by atoms with E-state index in [0.717, 1.165) is 23.5 Å². The van der Waals surface area contributed by atoms with Gasteiger partial charge in [0, 0.05) is 6.20 Å². The average Bonchev–Trinajstić information content (AvgIpc) is 2.78. The van der Waals surface area contributed by atoms with Gasteiger partial charge in [0.05, 0.1) is 11.7 Å². The lowest BCUT2D eigenvalue weighted by molar-refractivity contribution is -0.122. The van der Waals surface area contributed by atoms with Crippen molar-refractivity contribution in [3.05, 3.63) is 53.6 Å². The first-order valence-corrected chi connectivity index (χ1v) is 7.82. The second kappa shape index (κ2) is 7.25. The van der Waals surface area contributed by atoms with Crippen LogP contribution in [0.4, 0.5) is 0 Å². The van der Waals surface area contributed by atoms with E-state index in [1.54, 1.807) is 0 Å². The molecule has 0 bridgehead atoms. The normalized spacial score (nSPS) is 12.4. The number of nitrogens with zero attached hydrogens (tertiary/aromatic N) is 2. The van der Waals surface area contributed by atoms with Crippen LogP contribution in [0.3, 0.4) is 0 Å². The number of carbonyl (C=O) groups excluding carboxylic acids is 1. The van der Waals surface area contributed by atoms with Gasteiger partial charge in [0.25, 0.3) is 0 Å². The van der Waals surface area contributed by atoms with Crippen molar-refractivity contribution in [2.45, 2.75) is 46.7 Å². The summed E-state index contributed by atoms with van der Waals surface area (Å²) in [6.07, 6.45) is 2.93. The predicted octanol–water partition coefficient (Wildman–Crippen LogP) is 3.27. The van der Waals surface area contributed by atoms with Crippen LogP contribution in [0.2, 0.25) is 0 Å². The zero-order chi connectivity index (χ0) is 16.1. The second-order valence-electron chi connectivity index (χ2n) is 6.21. The van der Waals surface area contributed by atoms with Gasteiger partial charge in [-0.2, -0.15) is 0 Å². The van der Waals surface area contributed by atoms with Crippen LogP contribution in [0.15, 0.2) is 36.5 Å². The molecule has 0 radical (unpaired) electrons. The lowest BCUT2D eigenvalue weighted by Gasteiger charge is -2.14. The molecule has 0 spiro atoms. The second-order valence-corrected chi connectivity index (χ2v) is 6.21.